The fourth-order valence-corrected chi connectivity index (χ4v) is 4.14. The molecule has 0 heterocycles. The van der Waals surface area contributed by atoms with E-state index in [-0.39, 0.29) is 0 Å². The van der Waals surface area contributed by atoms with Crippen molar-refractivity contribution in [1.29, 1.82) is 0 Å². The smallest absolute Gasteiger partial charge is 0.264 e. The predicted molar refractivity (Wildman–Crippen MR) is 96.0 cm³/mol. The van der Waals surface area contributed by atoms with Gasteiger partial charge in [-0.2, -0.15) is 0 Å². The van der Waals surface area contributed by atoms with Gasteiger partial charge in [0, 0.05) is 17.5 Å². The molecule has 0 spiro atoms. The summed E-state index contributed by atoms with van der Waals surface area (Å²) in [7, 11) is -3.59. The molecule has 0 atom stereocenters. The Morgan fingerprint density at radius 3 is 2.35 bits per heavy atom. The zero-order valence-electron chi connectivity index (χ0n) is 13.5. The van der Waals surface area contributed by atoms with Crippen LogP contribution in [0.25, 0.3) is 0 Å². The van der Waals surface area contributed by atoms with Gasteiger partial charge >= 0.3 is 0 Å². The zero-order valence-corrected chi connectivity index (χ0v) is 15.2. The molecule has 2 aromatic rings. The van der Waals surface area contributed by atoms with Gasteiger partial charge in [-0.15, -0.1) is 11.8 Å². The Kier molecular flexibility index (Phi) is 5.96. The van der Waals surface area contributed by atoms with E-state index in [1.807, 2.05) is 38.3 Å². The zero-order chi connectivity index (χ0) is 16.9. The van der Waals surface area contributed by atoms with Crippen LogP contribution in [0.4, 0.5) is 5.69 Å². The molecule has 0 unspecified atom stereocenters. The number of thioether (sulfide) groups is 1. The van der Waals surface area contributed by atoms with Crippen molar-refractivity contribution >= 4 is 27.5 Å². The van der Waals surface area contributed by atoms with Gasteiger partial charge in [-0.3, -0.25) is 4.31 Å². The lowest BCUT2D eigenvalue weighted by Gasteiger charge is -2.23. The summed E-state index contributed by atoms with van der Waals surface area (Å²) in [4.78, 5) is 1.32. The summed E-state index contributed by atoms with van der Waals surface area (Å²) >= 11 is 1.58. The highest BCUT2D eigenvalue weighted by molar-refractivity contribution is 7.98. The first-order valence-electron chi connectivity index (χ1n) is 7.42. The molecule has 0 aromatic heterocycles. The first-order valence-corrected chi connectivity index (χ1v) is 10.1. The minimum Gasteiger partial charge on any atom is -0.494 e. The molecule has 0 aliphatic rings. The number of anilines is 1. The Hall–Kier alpha value is -1.66. The van der Waals surface area contributed by atoms with E-state index in [0.29, 0.717) is 29.5 Å². The van der Waals surface area contributed by atoms with Crippen molar-refractivity contribution in [3.63, 3.8) is 0 Å². The Morgan fingerprint density at radius 1 is 1.09 bits per heavy atom. The van der Waals surface area contributed by atoms with Crippen LogP contribution in [0, 0.1) is 0 Å². The standard InChI is InChI=1S/C17H21NO3S2/c1-4-18(14-7-6-8-15(13-14)21-5-2)23(19,20)17-11-9-16(22-3)10-12-17/h6-13H,4-5H2,1-3H3. The number of ether oxygens (including phenoxy) is 1. The third kappa shape index (κ3) is 4.00. The highest BCUT2D eigenvalue weighted by atomic mass is 32.2. The van der Waals surface area contributed by atoms with Gasteiger partial charge in [-0.05, 0) is 56.5 Å². The van der Waals surface area contributed by atoms with E-state index in [0.717, 1.165) is 4.90 Å². The fourth-order valence-electron chi connectivity index (χ4n) is 2.26. The maximum atomic E-state index is 12.9. The number of nitrogens with zero attached hydrogens (tertiary/aromatic N) is 1. The summed E-state index contributed by atoms with van der Waals surface area (Å²) in [5.41, 5.74) is 0.604. The molecule has 0 saturated heterocycles. The maximum absolute atomic E-state index is 12.9. The predicted octanol–water partition coefficient (Wildman–Crippen LogP) is 4.02. The van der Waals surface area contributed by atoms with Crippen molar-refractivity contribution in [1.82, 2.24) is 0 Å². The van der Waals surface area contributed by atoms with Gasteiger partial charge in [-0.25, -0.2) is 8.42 Å². The molecule has 0 amide bonds. The molecule has 2 rings (SSSR count). The molecular formula is C17H21NO3S2. The Morgan fingerprint density at radius 2 is 1.78 bits per heavy atom. The van der Waals surface area contributed by atoms with E-state index < -0.39 is 10.0 Å². The molecule has 0 radical (unpaired) electrons. The van der Waals surface area contributed by atoms with Crippen LogP contribution in [0.5, 0.6) is 5.75 Å². The number of sulfonamides is 1. The molecule has 0 N–H and O–H groups in total. The summed E-state index contributed by atoms with van der Waals surface area (Å²) in [6, 6.07) is 14.1. The van der Waals surface area contributed by atoms with Crippen molar-refractivity contribution in [2.45, 2.75) is 23.6 Å². The van der Waals surface area contributed by atoms with E-state index in [2.05, 4.69) is 0 Å². The van der Waals surface area contributed by atoms with Gasteiger partial charge in [0.05, 0.1) is 17.2 Å². The van der Waals surface area contributed by atoms with Gasteiger partial charge in [0.2, 0.25) is 0 Å². The van der Waals surface area contributed by atoms with E-state index in [9.17, 15) is 8.42 Å². The maximum Gasteiger partial charge on any atom is 0.264 e. The third-order valence-electron chi connectivity index (χ3n) is 3.35. The molecule has 6 heteroatoms. The summed E-state index contributed by atoms with van der Waals surface area (Å²) in [6.07, 6.45) is 1.96. The third-order valence-corrected chi connectivity index (χ3v) is 6.01. The van der Waals surface area contributed by atoms with E-state index >= 15 is 0 Å². The molecule has 0 aliphatic carbocycles. The van der Waals surface area contributed by atoms with E-state index in [4.69, 9.17) is 4.74 Å². The second-order valence-electron chi connectivity index (χ2n) is 4.78. The first-order chi connectivity index (χ1) is 11.0. The van der Waals surface area contributed by atoms with Crippen molar-refractivity contribution in [3.05, 3.63) is 48.5 Å². The summed E-state index contributed by atoms with van der Waals surface area (Å²) in [5, 5.41) is 0. The minimum atomic E-state index is -3.59. The molecule has 23 heavy (non-hydrogen) atoms. The average molecular weight is 351 g/mol. The molecule has 0 aliphatic heterocycles. The van der Waals surface area contributed by atoms with Crippen LogP contribution < -0.4 is 9.04 Å². The number of hydrogen-bond acceptors (Lipinski definition) is 4. The van der Waals surface area contributed by atoms with Crippen LogP contribution in [0.15, 0.2) is 58.3 Å². The van der Waals surface area contributed by atoms with Crippen LogP contribution >= 0.6 is 11.8 Å². The van der Waals surface area contributed by atoms with Crippen molar-refractivity contribution in [3.8, 4) is 5.75 Å². The van der Waals surface area contributed by atoms with Gasteiger partial charge in [-0.1, -0.05) is 6.07 Å². The van der Waals surface area contributed by atoms with E-state index in [1.165, 1.54) is 4.31 Å². The molecular weight excluding hydrogens is 330 g/mol. The quantitative estimate of drug-likeness (QED) is 0.707. The second-order valence-corrected chi connectivity index (χ2v) is 7.52. The lowest BCUT2D eigenvalue weighted by atomic mass is 10.3. The molecule has 0 bridgehead atoms. The van der Waals surface area contributed by atoms with Gasteiger partial charge in [0.1, 0.15) is 5.75 Å². The topological polar surface area (TPSA) is 46.6 Å². The normalized spacial score (nSPS) is 11.3. The lowest BCUT2D eigenvalue weighted by molar-refractivity contribution is 0.340. The van der Waals surface area contributed by atoms with Crippen LogP contribution in [0.2, 0.25) is 0 Å². The SMILES string of the molecule is CCOc1cccc(N(CC)S(=O)(=O)c2ccc(SC)cc2)c1. The molecule has 2 aromatic carbocycles. The monoisotopic (exact) mass is 351 g/mol. The van der Waals surface area contributed by atoms with Crippen LogP contribution in [-0.4, -0.2) is 27.8 Å². The largest absolute Gasteiger partial charge is 0.494 e. The lowest BCUT2D eigenvalue weighted by Crippen LogP contribution is -2.30. The van der Waals surface area contributed by atoms with Crippen molar-refractivity contribution in [2.75, 3.05) is 23.7 Å². The van der Waals surface area contributed by atoms with Gasteiger partial charge in [0.15, 0.2) is 0 Å². The van der Waals surface area contributed by atoms with Gasteiger partial charge < -0.3 is 4.74 Å². The van der Waals surface area contributed by atoms with Gasteiger partial charge in [0.25, 0.3) is 10.0 Å². The molecule has 0 fully saturated rings. The first kappa shape index (κ1) is 17.7. The summed E-state index contributed by atoms with van der Waals surface area (Å²) < 4.78 is 32.7. The summed E-state index contributed by atoms with van der Waals surface area (Å²) in [5.74, 6) is 0.663. The molecule has 124 valence electrons. The van der Waals surface area contributed by atoms with Crippen molar-refractivity contribution < 1.29 is 13.2 Å². The second kappa shape index (κ2) is 7.75. The highest BCUT2D eigenvalue weighted by Gasteiger charge is 2.23. The van der Waals surface area contributed by atoms with Crippen LogP contribution in [-0.2, 0) is 10.0 Å². The number of hydrogen-bond donors (Lipinski definition) is 0. The molecule has 4 nitrogen and oxygen atoms in total. The Labute approximate surface area is 142 Å². The van der Waals surface area contributed by atoms with E-state index in [1.54, 1.807) is 42.1 Å². The number of benzene rings is 2. The van der Waals surface area contributed by atoms with Crippen LogP contribution in [0.1, 0.15) is 13.8 Å². The highest BCUT2D eigenvalue weighted by Crippen LogP contribution is 2.27. The number of rotatable bonds is 7. The average Bonchev–Trinajstić information content (AvgIpc) is 2.56. The Balaban J connectivity index is 2.39. The van der Waals surface area contributed by atoms with Crippen molar-refractivity contribution in [2.24, 2.45) is 0 Å². The van der Waals surface area contributed by atoms with Crippen LogP contribution in [0.3, 0.4) is 0 Å². The minimum absolute atomic E-state index is 0.291. The Bertz CT molecular complexity index is 743. The fraction of sp³-hybridized carbons (Fsp3) is 0.294. The molecule has 0 saturated carbocycles. The summed E-state index contributed by atoms with van der Waals surface area (Å²) in [6.45, 7) is 4.61.